The van der Waals surface area contributed by atoms with Crippen LogP contribution in [0.25, 0.3) is 0 Å². The second-order valence-electron chi connectivity index (χ2n) is 5.37. The van der Waals surface area contributed by atoms with Gasteiger partial charge in [0, 0.05) is 24.1 Å². The van der Waals surface area contributed by atoms with Crippen molar-refractivity contribution in [2.75, 3.05) is 19.8 Å². The van der Waals surface area contributed by atoms with Crippen molar-refractivity contribution in [1.29, 1.82) is 0 Å². The molecule has 0 bridgehead atoms. The van der Waals surface area contributed by atoms with Crippen molar-refractivity contribution in [1.82, 2.24) is 5.32 Å². The Morgan fingerprint density at radius 3 is 2.60 bits per heavy atom. The van der Waals surface area contributed by atoms with Gasteiger partial charge in [0.25, 0.3) is 0 Å². The Morgan fingerprint density at radius 2 is 1.90 bits per heavy atom. The molecule has 1 fully saturated rings. The van der Waals surface area contributed by atoms with E-state index in [9.17, 15) is 5.11 Å². The highest BCUT2D eigenvalue weighted by Gasteiger charge is 2.26. The summed E-state index contributed by atoms with van der Waals surface area (Å²) in [6.07, 6.45) is 3.51. The predicted octanol–water partition coefficient (Wildman–Crippen LogP) is 2.68. The second-order valence-corrected chi connectivity index (χ2v) is 5.78. The molecule has 3 rings (SSSR count). The maximum Gasteiger partial charge on any atom is 0.162 e. The summed E-state index contributed by atoms with van der Waals surface area (Å²) in [4.78, 5) is 0. The topological polar surface area (TPSA) is 50.7 Å². The van der Waals surface area contributed by atoms with Crippen molar-refractivity contribution in [3.63, 3.8) is 0 Å². The average Bonchev–Trinajstić information content (AvgIpc) is 2.71. The largest absolute Gasteiger partial charge is 0.490 e. The van der Waals surface area contributed by atoms with Gasteiger partial charge in [-0.25, -0.2) is 0 Å². The van der Waals surface area contributed by atoms with Gasteiger partial charge in [-0.1, -0.05) is 18.0 Å². The first-order chi connectivity index (χ1) is 9.75. The molecule has 2 N–H and O–H groups in total. The van der Waals surface area contributed by atoms with Gasteiger partial charge in [-0.3, -0.25) is 0 Å². The maximum absolute atomic E-state index is 10.6. The third-order valence-corrected chi connectivity index (χ3v) is 4.24. The average molecular weight is 298 g/mol. The van der Waals surface area contributed by atoms with Crippen molar-refractivity contribution in [2.45, 2.75) is 37.8 Å². The van der Waals surface area contributed by atoms with Gasteiger partial charge in [0.2, 0.25) is 0 Å². The molecule has 20 heavy (non-hydrogen) atoms. The minimum Gasteiger partial charge on any atom is -0.490 e. The van der Waals surface area contributed by atoms with E-state index in [2.05, 4.69) is 5.32 Å². The van der Waals surface area contributed by atoms with Gasteiger partial charge in [-0.2, -0.15) is 0 Å². The number of fused-ring (bicyclic) bond motifs is 1. The van der Waals surface area contributed by atoms with E-state index in [0.29, 0.717) is 29.7 Å². The number of aliphatic hydroxyl groups excluding tert-OH is 1. The monoisotopic (exact) mass is 297 g/mol. The highest BCUT2D eigenvalue weighted by molar-refractivity contribution is 6.31. The number of piperidine rings is 1. The third kappa shape index (κ3) is 2.87. The first kappa shape index (κ1) is 14.0. The molecule has 0 amide bonds. The summed E-state index contributed by atoms with van der Waals surface area (Å²) < 4.78 is 11.3. The molecule has 1 saturated heterocycles. The minimum atomic E-state index is -0.611. The van der Waals surface area contributed by atoms with Gasteiger partial charge in [-0.15, -0.1) is 0 Å². The smallest absolute Gasteiger partial charge is 0.162 e. The van der Waals surface area contributed by atoms with Crippen LogP contribution in [0.1, 0.15) is 37.4 Å². The number of hydrogen-bond donors (Lipinski definition) is 2. The van der Waals surface area contributed by atoms with Crippen LogP contribution in [0.15, 0.2) is 12.1 Å². The lowest BCUT2D eigenvalue weighted by atomic mass is 9.94. The summed E-state index contributed by atoms with van der Waals surface area (Å²) in [6, 6.07) is 3.64. The predicted molar refractivity (Wildman–Crippen MR) is 77.7 cm³/mol. The van der Waals surface area contributed by atoms with E-state index >= 15 is 0 Å². The molecule has 0 aliphatic carbocycles. The van der Waals surface area contributed by atoms with Gasteiger partial charge < -0.3 is 19.9 Å². The number of halogens is 1. The lowest BCUT2D eigenvalue weighted by Gasteiger charge is -2.29. The van der Waals surface area contributed by atoms with Gasteiger partial charge in [-0.05, 0) is 25.5 Å². The van der Waals surface area contributed by atoms with Crippen LogP contribution in [0.5, 0.6) is 11.5 Å². The molecule has 1 aromatic rings. The van der Waals surface area contributed by atoms with E-state index in [-0.39, 0.29) is 6.04 Å². The zero-order valence-electron chi connectivity index (χ0n) is 11.4. The number of ether oxygens (including phenoxy) is 2. The molecule has 0 spiro atoms. The van der Waals surface area contributed by atoms with Gasteiger partial charge in [0.15, 0.2) is 11.5 Å². The number of rotatable bonds is 2. The first-order valence-electron chi connectivity index (χ1n) is 7.26. The fraction of sp³-hybridized carbons (Fsp3) is 0.600. The van der Waals surface area contributed by atoms with Crippen molar-refractivity contribution < 1.29 is 14.6 Å². The Morgan fingerprint density at radius 1 is 1.15 bits per heavy atom. The van der Waals surface area contributed by atoms with Crippen molar-refractivity contribution in [3.8, 4) is 11.5 Å². The zero-order chi connectivity index (χ0) is 13.9. The summed E-state index contributed by atoms with van der Waals surface area (Å²) in [5, 5.41) is 14.4. The second kappa shape index (κ2) is 6.20. The molecular weight excluding hydrogens is 278 g/mol. The van der Waals surface area contributed by atoms with E-state index in [4.69, 9.17) is 21.1 Å². The van der Waals surface area contributed by atoms with E-state index in [1.165, 1.54) is 0 Å². The van der Waals surface area contributed by atoms with Crippen LogP contribution < -0.4 is 14.8 Å². The van der Waals surface area contributed by atoms with Gasteiger partial charge >= 0.3 is 0 Å². The molecule has 2 aliphatic rings. The van der Waals surface area contributed by atoms with E-state index in [1.54, 1.807) is 6.07 Å². The lowest BCUT2D eigenvalue weighted by Crippen LogP contribution is -2.38. The number of nitrogens with one attached hydrogen (secondary N) is 1. The number of aliphatic hydroxyl groups is 1. The van der Waals surface area contributed by atoms with Crippen LogP contribution in [-0.4, -0.2) is 30.9 Å². The lowest BCUT2D eigenvalue weighted by molar-refractivity contribution is 0.113. The molecule has 0 radical (unpaired) electrons. The van der Waals surface area contributed by atoms with Crippen molar-refractivity contribution in [2.24, 2.45) is 0 Å². The fourth-order valence-corrected chi connectivity index (χ4v) is 3.06. The highest BCUT2D eigenvalue weighted by Crippen LogP contribution is 2.38. The number of benzene rings is 1. The normalized spacial score (nSPS) is 24.0. The van der Waals surface area contributed by atoms with E-state index in [1.807, 2.05) is 6.07 Å². The first-order valence-corrected chi connectivity index (χ1v) is 7.64. The Labute approximate surface area is 124 Å². The summed E-state index contributed by atoms with van der Waals surface area (Å²) in [6.45, 7) is 2.21. The molecule has 5 heteroatoms. The molecule has 0 saturated carbocycles. The third-order valence-electron chi connectivity index (χ3n) is 3.92. The molecule has 2 heterocycles. The molecule has 2 aliphatic heterocycles. The Hall–Kier alpha value is -0.970. The quantitative estimate of drug-likeness (QED) is 0.881. The van der Waals surface area contributed by atoms with Crippen molar-refractivity contribution >= 4 is 11.6 Å². The Balaban J connectivity index is 1.86. The maximum atomic E-state index is 10.6. The molecule has 0 aromatic heterocycles. The zero-order valence-corrected chi connectivity index (χ0v) is 12.2. The summed E-state index contributed by atoms with van der Waals surface area (Å²) >= 11 is 6.31. The van der Waals surface area contributed by atoms with Crippen LogP contribution in [0.3, 0.4) is 0 Å². The Bertz CT molecular complexity index is 474. The van der Waals surface area contributed by atoms with Gasteiger partial charge in [0.05, 0.1) is 24.3 Å². The SMILES string of the molecule is OC(c1cc2c(cc1Cl)OCCCO2)C1CCCCN1. The number of hydrogen-bond acceptors (Lipinski definition) is 4. The fourth-order valence-electron chi connectivity index (χ4n) is 2.79. The van der Waals surface area contributed by atoms with E-state index < -0.39 is 6.10 Å². The molecule has 1 aromatic carbocycles. The Kier molecular flexibility index (Phi) is 4.34. The van der Waals surface area contributed by atoms with E-state index in [0.717, 1.165) is 37.8 Å². The van der Waals surface area contributed by atoms with Crippen LogP contribution in [0.4, 0.5) is 0 Å². The molecule has 2 unspecified atom stereocenters. The van der Waals surface area contributed by atoms with Crippen LogP contribution >= 0.6 is 11.6 Å². The summed E-state index contributed by atoms with van der Waals surface area (Å²) in [5.74, 6) is 1.34. The van der Waals surface area contributed by atoms with Crippen molar-refractivity contribution in [3.05, 3.63) is 22.7 Å². The van der Waals surface area contributed by atoms with Gasteiger partial charge in [0.1, 0.15) is 0 Å². The summed E-state index contributed by atoms with van der Waals surface area (Å²) in [5.41, 5.74) is 0.718. The van der Waals surface area contributed by atoms with Crippen LogP contribution in [0.2, 0.25) is 5.02 Å². The van der Waals surface area contributed by atoms with Crippen LogP contribution in [0, 0.1) is 0 Å². The molecule has 2 atom stereocenters. The molecule has 110 valence electrons. The molecule has 4 nitrogen and oxygen atoms in total. The highest BCUT2D eigenvalue weighted by atomic mass is 35.5. The summed E-state index contributed by atoms with van der Waals surface area (Å²) in [7, 11) is 0. The standard InChI is InChI=1S/C15H20ClNO3/c16-11-9-14-13(19-6-3-7-20-14)8-10(11)15(18)12-4-1-2-5-17-12/h8-9,12,15,17-18H,1-7H2. The van der Waals surface area contributed by atoms with Crippen LogP contribution in [-0.2, 0) is 0 Å². The minimum absolute atomic E-state index is 0.0611. The molecular formula is C15H20ClNO3.